The average molecular weight is 278 g/mol. The van der Waals surface area contributed by atoms with E-state index in [0.717, 1.165) is 18.9 Å². The molecule has 2 aliphatic carbocycles. The van der Waals surface area contributed by atoms with Crippen LogP contribution < -0.4 is 10.6 Å². The molecule has 3 heteroatoms. The van der Waals surface area contributed by atoms with E-state index in [9.17, 15) is 4.79 Å². The molecule has 3 nitrogen and oxygen atoms in total. The lowest BCUT2D eigenvalue weighted by Crippen LogP contribution is -2.48. The first-order valence-corrected chi connectivity index (χ1v) is 8.76. The molecule has 2 N–H and O–H groups in total. The van der Waals surface area contributed by atoms with Crippen LogP contribution in [0, 0.1) is 11.3 Å². The Bertz CT molecular complexity index is 337. The Kier molecular flexibility index (Phi) is 4.34. The van der Waals surface area contributed by atoms with Crippen LogP contribution in [0.4, 0.5) is 0 Å². The normalized spacial score (nSPS) is 35.1. The molecule has 3 atom stereocenters. The van der Waals surface area contributed by atoms with Crippen LogP contribution in [-0.2, 0) is 4.79 Å². The number of nitrogens with one attached hydrogen (secondary N) is 2. The largest absolute Gasteiger partial charge is 0.354 e. The third-order valence-electron chi connectivity index (χ3n) is 6.01. The maximum atomic E-state index is 12.4. The Labute approximate surface area is 123 Å². The number of hydrogen-bond donors (Lipinski definition) is 2. The van der Waals surface area contributed by atoms with Crippen LogP contribution >= 0.6 is 0 Å². The summed E-state index contributed by atoms with van der Waals surface area (Å²) in [4.78, 5) is 12.4. The number of carbonyl (C=O) groups excluding carboxylic acids is 1. The van der Waals surface area contributed by atoms with E-state index in [2.05, 4.69) is 17.6 Å². The van der Waals surface area contributed by atoms with Crippen molar-refractivity contribution in [1.29, 1.82) is 0 Å². The maximum Gasteiger partial charge on any atom is 0.237 e. The fourth-order valence-electron chi connectivity index (χ4n) is 4.64. The highest BCUT2D eigenvalue weighted by Gasteiger charge is 2.40. The number of hydrogen-bond acceptors (Lipinski definition) is 2. The molecule has 1 amide bonds. The van der Waals surface area contributed by atoms with Gasteiger partial charge in [0.1, 0.15) is 0 Å². The van der Waals surface area contributed by atoms with Gasteiger partial charge in [-0.25, -0.2) is 0 Å². The SMILES string of the molecule is CCCC1(CNC(=O)C2CC3CCCCC3N2)CCC1. The van der Waals surface area contributed by atoms with Gasteiger partial charge < -0.3 is 10.6 Å². The van der Waals surface area contributed by atoms with E-state index in [-0.39, 0.29) is 11.9 Å². The van der Waals surface area contributed by atoms with E-state index >= 15 is 0 Å². The van der Waals surface area contributed by atoms with Gasteiger partial charge >= 0.3 is 0 Å². The summed E-state index contributed by atoms with van der Waals surface area (Å²) in [5, 5.41) is 6.85. The molecule has 0 spiro atoms. The second-order valence-electron chi connectivity index (χ2n) is 7.43. The molecule has 3 unspecified atom stereocenters. The van der Waals surface area contributed by atoms with Crippen molar-refractivity contribution >= 4 is 5.91 Å². The Morgan fingerprint density at radius 3 is 2.70 bits per heavy atom. The third-order valence-corrected chi connectivity index (χ3v) is 6.01. The summed E-state index contributed by atoms with van der Waals surface area (Å²) in [5.41, 5.74) is 0.440. The van der Waals surface area contributed by atoms with E-state index in [1.54, 1.807) is 0 Å². The molecular weight excluding hydrogens is 248 g/mol. The fraction of sp³-hybridized carbons (Fsp3) is 0.941. The lowest BCUT2D eigenvalue weighted by atomic mass is 9.66. The molecule has 0 aromatic heterocycles. The highest BCUT2D eigenvalue weighted by Crippen LogP contribution is 2.44. The monoisotopic (exact) mass is 278 g/mol. The molecular formula is C17H30N2O. The van der Waals surface area contributed by atoms with Crippen molar-refractivity contribution in [1.82, 2.24) is 10.6 Å². The Balaban J connectivity index is 1.47. The molecule has 20 heavy (non-hydrogen) atoms. The maximum absolute atomic E-state index is 12.4. The van der Waals surface area contributed by atoms with Crippen molar-refractivity contribution in [2.45, 2.75) is 83.2 Å². The second-order valence-corrected chi connectivity index (χ2v) is 7.43. The summed E-state index contributed by atoms with van der Waals surface area (Å²) in [7, 11) is 0. The van der Waals surface area contributed by atoms with E-state index < -0.39 is 0 Å². The van der Waals surface area contributed by atoms with Gasteiger partial charge in [0, 0.05) is 12.6 Å². The number of fused-ring (bicyclic) bond motifs is 1. The van der Waals surface area contributed by atoms with Gasteiger partial charge in [0.05, 0.1) is 6.04 Å². The third kappa shape index (κ3) is 2.88. The lowest BCUT2D eigenvalue weighted by Gasteiger charge is -2.42. The quantitative estimate of drug-likeness (QED) is 0.811. The van der Waals surface area contributed by atoms with Gasteiger partial charge in [0.2, 0.25) is 5.91 Å². The first-order valence-electron chi connectivity index (χ1n) is 8.76. The average Bonchev–Trinajstić information content (AvgIpc) is 2.85. The minimum Gasteiger partial charge on any atom is -0.354 e. The topological polar surface area (TPSA) is 41.1 Å². The molecule has 1 saturated heterocycles. The molecule has 3 rings (SSSR count). The fourth-order valence-corrected chi connectivity index (χ4v) is 4.64. The zero-order valence-electron chi connectivity index (χ0n) is 12.9. The molecule has 1 aliphatic heterocycles. The Hall–Kier alpha value is -0.570. The molecule has 0 radical (unpaired) electrons. The van der Waals surface area contributed by atoms with Gasteiger partial charge in [-0.1, -0.05) is 32.6 Å². The van der Waals surface area contributed by atoms with Gasteiger partial charge in [-0.3, -0.25) is 4.79 Å². The van der Waals surface area contributed by atoms with Gasteiger partial charge in [-0.2, -0.15) is 0 Å². The van der Waals surface area contributed by atoms with Gasteiger partial charge in [-0.05, 0) is 49.9 Å². The lowest BCUT2D eigenvalue weighted by molar-refractivity contribution is -0.123. The van der Waals surface area contributed by atoms with Crippen LogP contribution in [0.3, 0.4) is 0 Å². The van der Waals surface area contributed by atoms with E-state index in [1.165, 1.54) is 57.8 Å². The van der Waals surface area contributed by atoms with Crippen LogP contribution in [0.1, 0.15) is 71.1 Å². The zero-order valence-corrected chi connectivity index (χ0v) is 12.9. The summed E-state index contributed by atoms with van der Waals surface area (Å²) in [6, 6.07) is 0.703. The van der Waals surface area contributed by atoms with E-state index in [0.29, 0.717) is 11.5 Å². The highest BCUT2D eigenvalue weighted by atomic mass is 16.2. The number of rotatable bonds is 5. The van der Waals surface area contributed by atoms with Crippen LogP contribution in [-0.4, -0.2) is 24.5 Å². The van der Waals surface area contributed by atoms with Crippen molar-refractivity contribution < 1.29 is 4.79 Å². The highest BCUT2D eigenvalue weighted by molar-refractivity contribution is 5.82. The predicted molar refractivity (Wildman–Crippen MR) is 81.5 cm³/mol. The standard InChI is InChI=1S/C17H30N2O/c1-2-8-17(9-5-10-17)12-18-16(20)15-11-13-6-3-4-7-14(13)19-15/h13-15,19H,2-12H2,1H3,(H,18,20). The Morgan fingerprint density at radius 2 is 2.05 bits per heavy atom. The van der Waals surface area contributed by atoms with Crippen molar-refractivity contribution in [2.24, 2.45) is 11.3 Å². The van der Waals surface area contributed by atoms with Crippen LogP contribution in [0.15, 0.2) is 0 Å². The van der Waals surface area contributed by atoms with E-state index in [4.69, 9.17) is 0 Å². The van der Waals surface area contributed by atoms with Crippen molar-refractivity contribution in [3.05, 3.63) is 0 Å². The van der Waals surface area contributed by atoms with Crippen LogP contribution in [0.5, 0.6) is 0 Å². The molecule has 2 saturated carbocycles. The number of amides is 1. The zero-order chi connectivity index (χ0) is 14.0. The molecule has 114 valence electrons. The Morgan fingerprint density at radius 1 is 1.25 bits per heavy atom. The summed E-state index contributed by atoms with van der Waals surface area (Å²) >= 11 is 0. The molecule has 1 heterocycles. The van der Waals surface area contributed by atoms with Gasteiger partial charge in [0.15, 0.2) is 0 Å². The summed E-state index contributed by atoms with van der Waals surface area (Å²) in [6.07, 6.45) is 12.8. The predicted octanol–water partition coefficient (Wildman–Crippen LogP) is 2.99. The molecule has 3 fully saturated rings. The van der Waals surface area contributed by atoms with Crippen LogP contribution in [0.2, 0.25) is 0 Å². The molecule has 0 aromatic rings. The van der Waals surface area contributed by atoms with Crippen molar-refractivity contribution in [2.75, 3.05) is 6.54 Å². The smallest absolute Gasteiger partial charge is 0.237 e. The summed E-state index contributed by atoms with van der Waals surface area (Å²) < 4.78 is 0. The minimum absolute atomic E-state index is 0.0850. The molecule has 0 bridgehead atoms. The molecule has 0 aromatic carbocycles. The summed E-state index contributed by atoms with van der Waals surface area (Å²) in [6.45, 7) is 3.16. The number of carbonyl (C=O) groups is 1. The van der Waals surface area contributed by atoms with Gasteiger partial charge in [-0.15, -0.1) is 0 Å². The summed E-state index contributed by atoms with van der Waals surface area (Å²) in [5.74, 6) is 1.02. The van der Waals surface area contributed by atoms with E-state index in [1.807, 2.05) is 0 Å². The first-order chi connectivity index (χ1) is 9.72. The molecule has 3 aliphatic rings. The second kappa shape index (κ2) is 6.05. The van der Waals surface area contributed by atoms with Crippen LogP contribution in [0.25, 0.3) is 0 Å². The van der Waals surface area contributed by atoms with Gasteiger partial charge in [0.25, 0.3) is 0 Å². The first kappa shape index (κ1) is 14.4. The van der Waals surface area contributed by atoms with Crippen molar-refractivity contribution in [3.8, 4) is 0 Å². The van der Waals surface area contributed by atoms with Crippen molar-refractivity contribution in [3.63, 3.8) is 0 Å². The minimum atomic E-state index is 0.0850.